The number of likely N-dealkylation sites (tertiary alicyclic amines) is 1. The molecule has 3 heterocycles. The smallest absolute Gasteiger partial charge is 0.253 e. The Kier molecular flexibility index (Phi) is 9.63. The number of halogens is 1. The van der Waals surface area contributed by atoms with Crippen LogP contribution in [0.4, 0.5) is 5.69 Å². The zero-order chi connectivity index (χ0) is 31.6. The zero-order valence-corrected chi connectivity index (χ0v) is 26.2. The Morgan fingerprint density at radius 2 is 1.77 bits per heavy atom. The highest BCUT2D eigenvalue weighted by atomic mass is 35.5. The number of ether oxygens (including phenoxy) is 1. The molecular weight excluding hydrogens is 578 g/mol. The molecule has 2 unspecified atom stereocenters. The molecule has 0 aromatic heterocycles. The molecule has 5 rings (SSSR count). The summed E-state index contributed by atoms with van der Waals surface area (Å²) in [5.41, 5.74) is 0.382. The van der Waals surface area contributed by atoms with E-state index in [0.717, 1.165) is 5.56 Å². The maximum absolute atomic E-state index is 14.7. The molecule has 2 bridgehead atoms. The standard InChI is InChI=1S/C35H42ClN3O5/c1-5-18-37(21-24-10-8-7-9-11-24)32(41)29-28-16-17-35(44-28)30(29)33(42)39(27(22-40)20-23(3)4)31(35)34(43)38(19-6-2)26-14-12-25(36)13-15-26/h5-15,23,27-31,40H,1-2,16-22H2,3-4H3/t27-,28-,29+,30+,31?,35?/m1/s1. The number of carbonyl (C=O) groups excluding carboxylic acids is 3. The quantitative estimate of drug-likeness (QED) is 0.324. The number of benzene rings is 2. The van der Waals surface area contributed by atoms with Crippen LogP contribution < -0.4 is 4.90 Å². The molecule has 6 atom stereocenters. The molecule has 0 saturated carbocycles. The van der Waals surface area contributed by atoms with Crippen molar-refractivity contribution in [2.45, 2.75) is 63.4 Å². The number of amides is 3. The van der Waals surface area contributed by atoms with Gasteiger partial charge in [-0.05, 0) is 55.0 Å². The predicted molar refractivity (Wildman–Crippen MR) is 171 cm³/mol. The molecule has 1 N–H and O–H groups in total. The Labute approximate surface area is 264 Å². The van der Waals surface area contributed by atoms with Gasteiger partial charge in [0.25, 0.3) is 5.91 Å². The van der Waals surface area contributed by atoms with Crippen molar-refractivity contribution < 1.29 is 24.2 Å². The Hall–Kier alpha value is -3.46. The van der Waals surface area contributed by atoms with Gasteiger partial charge in [-0.25, -0.2) is 0 Å². The Bertz CT molecular complexity index is 1380. The number of hydrogen-bond donors (Lipinski definition) is 1. The van der Waals surface area contributed by atoms with Crippen molar-refractivity contribution in [3.05, 3.63) is 90.5 Å². The summed E-state index contributed by atoms with van der Waals surface area (Å²) in [4.78, 5) is 48.6. The van der Waals surface area contributed by atoms with Crippen LogP contribution in [0.3, 0.4) is 0 Å². The monoisotopic (exact) mass is 619 g/mol. The lowest BCUT2D eigenvalue weighted by Gasteiger charge is -2.39. The number of carbonyl (C=O) groups is 3. The van der Waals surface area contributed by atoms with E-state index >= 15 is 0 Å². The minimum Gasteiger partial charge on any atom is -0.394 e. The Balaban J connectivity index is 1.57. The van der Waals surface area contributed by atoms with Gasteiger partial charge < -0.3 is 24.5 Å². The van der Waals surface area contributed by atoms with Crippen LogP contribution in [0.25, 0.3) is 0 Å². The molecular formula is C35H42ClN3O5. The lowest BCUT2D eigenvalue weighted by atomic mass is 9.70. The van der Waals surface area contributed by atoms with E-state index < -0.39 is 35.6 Å². The highest BCUT2D eigenvalue weighted by Gasteiger charge is 2.75. The predicted octanol–water partition coefficient (Wildman–Crippen LogP) is 4.86. The maximum atomic E-state index is 14.7. The van der Waals surface area contributed by atoms with E-state index in [1.54, 1.807) is 51.1 Å². The first-order chi connectivity index (χ1) is 21.2. The van der Waals surface area contributed by atoms with Crippen LogP contribution in [0, 0.1) is 17.8 Å². The second-order valence-corrected chi connectivity index (χ2v) is 12.9. The SMILES string of the molecule is C=CCN(Cc1ccccc1)C(=O)[C@@H]1[C@H]2C(=O)N([C@@H](CO)CC(C)C)C(C(=O)N(CC=C)c3ccc(Cl)cc3)C23CC[C@H]1O3. The lowest BCUT2D eigenvalue weighted by molar-refractivity contribution is -0.147. The van der Waals surface area contributed by atoms with Crippen molar-refractivity contribution in [1.29, 1.82) is 0 Å². The van der Waals surface area contributed by atoms with E-state index in [9.17, 15) is 19.5 Å². The Morgan fingerprint density at radius 1 is 1.09 bits per heavy atom. The number of aliphatic hydroxyl groups excluding tert-OH is 1. The Morgan fingerprint density at radius 3 is 2.39 bits per heavy atom. The third-order valence-electron chi connectivity index (χ3n) is 9.20. The van der Waals surface area contributed by atoms with Gasteiger partial charge in [0.05, 0.1) is 30.6 Å². The fourth-order valence-electron chi connectivity index (χ4n) is 7.49. The molecule has 44 heavy (non-hydrogen) atoms. The summed E-state index contributed by atoms with van der Waals surface area (Å²) in [7, 11) is 0. The molecule has 234 valence electrons. The minimum atomic E-state index is -1.19. The number of rotatable bonds is 13. The summed E-state index contributed by atoms with van der Waals surface area (Å²) in [5.74, 6) is -2.26. The third kappa shape index (κ3) is 5.71. The van der Waals surface area contributed by atoms with Crippen molar-refractivity contribution in [2.75, 3.05) is 24.6 Å². The largest absolute Gasteiger partial charge is 0.394 e. The molecule has 9 heteroatoms. The van der Waals surface area contributed by atoms with E-state index in [0.29, 0.717) is 43.1 Å². The van der Waals surface area contributed by atoms with Crippen LogP contribution in [0.1, 0.15) is 38.7 Å². The molecule has 3 saturated heterocycles. The molecule has 0 aliphatic carbocycles. The van der Waals surface area contributed by atoms with E-state index in [-0.39, 0.29) is 36.8 Å². The number of fused-ring (bicyclic) bond motifs is 1. The summed E-state index contributed by atoms with van der Waals surface area (Å²) in [6, 6.07) is 15.0. The summed E-state index contributed by atoms with van der Waals surface area (Å²) in [6.45, 7) is 12.3. The molecule has 2 aromatic rings. The number of aliphatic hydroxyl groups is 1. The van der Waals surface area contributed by atoms with Crippen LogP contribution in [0.2, 0.25) is 5.02 Å². The number of nitrogens with zero attached hydrogens (tertiary/aromatic N) is 3. The normalized spacial score (nSPS) is 26.0. The number of anilines is 1. The van der Waals surface area contributed by atoms with Gasteiger partial charge >= 0.3 is 0 Å². The summed E-state index contributed by atoms with van der Waals surface area (Å²) in [6.07, 6.45) is 4.35. The fraction of sp³-hybridized carbons (Fsp3) is 0.457. The van der Waals surface area contributed by atoms with Crippen molar-refractivity contribution in [3.8, 4) is 0 Å². The third-order valence-corrected chi connectivity index (χ3v) is 9.45. The van der Waals surface area contributed by atoms with E-state index in [4.69, 9.17) is 16.3 Å². The van der Waals surface area contributed by atoms with Gasteiger partial charge in [-0.3, -0.25) is 14.4 Å². The molecule has 1 spiro atoms. The van der Waals surface area contributed by atoms with Crippen molar-refractivity contribution in [1.82, 2.24) is 9.80 Å². The zero-order valence-electron chi connectivity index (χ0n) is 25.5. The van der Waals surface area contributed by atoms with Gasteiger partial charge in [-0.2, -0.15) is 0 Å². The van der Waals surface area contributed by atoms with Gasteiger partial charge in [-0.15, -0.1) is 13.2 Å². The van der Waals surface area contributed by atoms with Gasteiger partial charge in [0.1, 0.15) is 11.6 Å². The highest BCUT2D eigenvalue weighted by molar-refractivity contribution is 6.30. The lowest BCUT2D eigenvalue weighted by Crippen LogP contribution is -2.59. The van der Waals surface area contributed by atoms with Gasteiger partial charge in [0.2, 0.25) is 11.8 Å². The first-order valence-electron chi connectivity index (χ1n) is 15.4. The van der Waals surface area contributed by atoms with Gasteiger partial charge in [0, 0.05) is 30.3 Å². The van der Waals surface area contributed by atoms with E-state index in [1.165, 1.54) is 0 Å². The average Bonchev–Trinajstić information content (AvgIpc) is 3.66. The minimum absolute atomic E-state index is 0.151. The van der Waals surface area contributed by atoms with E-state index in [2.05, 4.69) is 13.2 Å². The summed E-state index contributed by atoms with van der Waals surface area (Å²) < 4.78 is 6.70. The molecule has 8 nitrogen and oxygen atoms in total. The number of hydrogen-bond acceptors (Lipinski definition) is 5. The van der Waals surface area contributed by atoms with Crippen LogP contribution in [-0.4, -0.2) is 76.1 Å². The average molecular weight is 620 g/mol. The first kappa shape index (κ1) is 31.9. The first-order valence-corrected chi connectivity index (χ1v) is 15.8. The van der Waals surface area contributed by atoms with Gasteiger partial charge in [-0.1, -0.05) is 67.9 Å². The van der Waals surface area contributed by atoms with Crippen molar-refractivity contribution in [3.63, 3.8) is 0 Å². The van der Waals surface area contributed by atoms with Crippen LogP contribution >= 0.6 is 11.6 Å². The highest BCUT2D eigenvalue weighted by Crippen LogP contribution is 2.59. The molecule has 3 fully saturated rings. The topological polar surface area (TPSA) is 90.4 Å². The second-order valence-electron chi connectivity index (χ2n) is 12.5. The molecule has 3 aliphatic heterocycles. The molecule has 3 aliphatic rings. The summed E-state index contributed by atoms with van der Waals surface area (Å²) in [5, 5.41) is 11.1. The maximum Gasteiger partial charge on any atom is 0.253 e. The second kappa shape index (κ2) is 13.3. The molecule has 3 amide bonds. The summed E-state index contributed by atoms with van der Waals surface area (Å²) >= 11 is 6.15. The fourth-order valence-corrected chi connectivity index (χ4v) is 7.61. The van der Waals surface area contributed by atoms with E-state index in [1.807, 2.05) is 44.2 Å². The van der Waals surface area contributed by atoms with Crippen LogP contribution in [-0.2, 0) is 25.7 Å². The van der Waals surface area contributed by atoms with Crippen molar-refractivity contribution >= 4 is 35.0 Å². The molecule has 0 radical (unpaired) electrons. The van der Waals surface area contributed by atoms with Crippen LogP contribution in [0.5, 0.6) is 0 Å². The molecule has 2 aromatic carbocycles. The van der Waals surface area contributed by atoms with Crippen molar-refractivity contribution in [2.24, 2.45) is 17.8 Å². The van der Waals surface area contributed by atoms with Gasteiger partial charge in [0.15, 0.2) is 0 Å². The van der Waals surface area contributed by atoms with Crippen LogP contribution in [0.15, 0.2) is 79.9 Å².